The first-order valence-corrected chi connectivity index (χ1v) is 12.4. The largest absolute Gasteiger partial charge is 0.493 e. The monoisotopic (exact) mass is 515 g/mol. The second kappa shape index (κ2) is 13.2. The van der Waals surface area contributed by atoms with Crippen LogP contribution in [0.1, 0.15) is 25.0 Å². The van der Waals surface area contributed by atoms with Crippen LogP contribution in [0.15, 0.2) is 36.4 Å². The normalized spacial score (nSPS) is 17.8. The molecular weight excluding hydrogens is 478 g/mol. The fourth-order valence-electron chi connectivity index (χ4n) is 4.24. The molecule has 0 aromatic heterocycles. The molecule has 0 aliphatic carbocycles. The molecule has 1 aliphatic heterocycles. The number of rotatable bonds is 13. The highest BCUT2D eigenvalue weighted by molar-refractivity contribution is 5.76. The van der Waals surface area contributed by atoms with Gasteiger partial charge < -0.3 is 34.2 Å². The van der Waals surface area contributed by atoms with Gasteiger partial charge >= 0.3 is 11.9 Å². The number of carbonyl (C=O) groups excluding carboxylic acids is 2. The van der Waals surface area contributed by atoms with Crippen molar-refractivity contribution in [3.63, 3.8) is 0 Å². The number of hydrogen-bond acceptors (Lipinski definition) is 9. The molecule has 2 aromatic rings. The van der Waals surface area contributed by atoms with Crippen LogP contribution in [0.2, 0.25) is 0 Å². The molecule has 1 aliphatic rings. The molecule has 2 aromatic carbocycles. The molecule has 9 heteroatoms. The summed E-state index contributed by atoms with van der Waals surface area (Å²) in [6.07, 6.45) is 1.19. The summed E-state index contributed by atoms with van der Waals surface area (Å²) in [4.78, 5) is 24.5. The zero-order chi connectivity index (χ0) is 26.9. The molecular formula is C28H37NO8. The smallest absolute Gasteiger partial charge is 0.323 e. The minimum absolute atomic E-state index is 0.00293. The SMILES string of the molecule is COc1ccc(CC2COC(=O)C2Cc2ccc(OCCOC(=O)[C@@H](N)C(C)C)c(OC)c2)cc1OC. The van der Waals surface area contributed by atoms with Gasteiger partial charge in [-0.3, -0.25) is 9.59 Å². The molecule has 2 unspecified atom stereocenters. The van der Waals surface area contributed by atoms with E-state index in [2.05, 4.69) is 0 Å². The number of methoxy groups -OCH3 is 3. The highest BCUT2D eigenvalue weighted by atomic mass is 16.6. The first-order valence-electron chi connectivity index (χ1n) is 12.4. The maximum absolute atomic E-state index is 12.6. The Morgan fingerprint density at radius 3 is 2.14 bits per heavy atom. The second-order valence-corrected chi connectivity index (χ2v) is 9.37. The van der Waals surface area contributed by atoms with Gasteiger partial charge in [-0.15, -0.1) is 0 Å². The zero-order valence-corrected chi connectivity index (χ0v) is 22.2. The van der Waals surface area contributed by atoms with Crippen molar-refractivity contribution >= 4 is 11.9 Å². The standard InChI is InChI=1S/C28H37NO8/c1-17(2)26(29)28(31)36-11-10-35-23-9-7-19(15-25(23)34-5)13-21-20(16-37-27(21)30)12-18-6-8-22(32-3)24(14-18)33-4/h6-9,14-15,17,20-21,26H,10-13,16,29H2,1-5H3/t20?,21?,26-/m0/s1. The summed E-state index contributed by atoms with van der Waals surface area (Å²) >= 11 is 0. The van der Waals surface area contributed by atoms with Gasteiger partial charge in [0.05, 0.1) is 33.9 Å². The molecule has 3 rings (SSSR count). The minimum atomic E-state index is -0.660. The van der Waals surface area contributed by atoms with Crippen LogP contribution < -0.4 is 24.7 Å². The summed E-state index contributed by atoms with van der Waals surface area (Å²) in [5.74, 6) is 1.45. The van der Waals surface area contributed by atoms with Crippen molar-refractivity contribution in [1.82, 2.24) is 0 Å². The predicted molar refractivity (Wildman–Crippen MR) is 137 cm³/mol. The fourth-order valence-corrected chi connectivity index (χ4v) is 4.24. The molecule has 202 valence electrons. The van der Waals surface area contributed by atoms with Crippen molar-refractivity contribution in [2.24, 2.45) is 23.5 Å². The first-order chi connectivity index (χ1) is 17.8. The van der Waals surface area contributed by atoms with Gasteiger partial charge in [0.2, 0.25) is 0 Å². The third-order valence-corrected chi connectivity index (χ3v) is 6.52. The van der Waals surface area contributed by atoms with E-state index in [9.17, 15) is 9.59 Å². The number of nitrogens with two attached hydrogens (primary N) is 1. The number of carbonyl (C=O) groups is 2. The zero-order valence-electron chi connectivity index (χ0n) is 22.2. The van der Waals surface area contributed by atoms with Gasteiger partial charge in [-0.05, 0) is 54.2 Å². The Kier molecular flexibility index (Phi) is 10.0. The van der Waals surface area contributed by atoms with E-state index in [4.69, 9.17) is 34.2 Å². The van der Waals surface area contributed by atoms with E-state index in [1.54, 1.807) is 27.4 Å². The summed E-state index contributed by atoms with van der Waals surface area (Å²) in [5.41, 5.74) is 7.77. The van der Waals surface area contributed by atoms with Gasteiger partial charge in [-0.25, -0.2) is 0 Å². The number of esters is 2. The molecule has 1 heterocycles. The number of ether oxygens (including phenoxy) is 6. The maximum atomic E-state index is 12.6. The molecule has 1 fully saturated rings. The summed E-state index contributed by atoms with van der Waals surface area (Å²) in [5, 5.41) is 0. The van der Waals surface area contributed by atoms with Crippen LogP contribution in [-0.2, 0) is 31.9 Å². The van der Waals surface area contributed by atoms with Crippen LogP contribution >= 0.6 is 0 Å². The van der Waals surface area contributed by atoms with Crippen molar-refractivity contribution in [1.29, 1.82) is 0 Å². The van der Waals surface area contributed by atoms with Crippen LogP contribution in [-0.4, -0.2) is 59.1 Å². The van der Waals surface area contributed by atoms with E-state index >= 15 is 0 Å². The maximum Gasteiger partial charge on any atom is 0.323 e. The average molecular weight is 516 g/mol. The van der Waals surface area contributed by atoms with E-state index < -0.39 is 12.0 Å². The van der Waals surface area contributed by atoms with Crippen molar-refractivity contribution in [2.45, 2.75) is 32.7 Å². The fraction of sp³-hybridized carbons (Fsp3) is 0.500. The Balaban J connectivity index is 1.61. The molecule has 0 spiro atoms. The van der Waals surface area contributed by atoms with Crippen LogP contribution in [0.4, 0.5) is 0 Å². The van der Waals surface area contributed by atoms with Gasteiger partial charge in [0, 0.05) is 5.92 Å². The Morgan fingerprint density at radius 1 is 0.919 bits per heavy atom. The second-order valence-electron chi connectivity index (χ2n) is 9.37. The van der Waals surface area contributed by atoms with Gasteiger partial charge in [0.25, 0.3) is 0 Å². The molecule has 1 saturated heterocycles. The van der Waals surface area contributed by atoms with Crippen LogP contribution in [0.5, 0.6) is 23.0 Å². The van der Waals surface area contributed by atoms with Crippen molar-refractivity contribution in [3.8, 4) is 23.0 Å². The summed E-state index contributed by atoms with van der Waals surface area (Å²) in [6.45, 7) is 4.33. The first kappa shape index (κ1) is 28.1. The van der Waals surface area contributed by atoms with E-state index in [0.717, 1.165) is 11.1 Å². The lowest BCUT2D eigenvalue weighted by atomic mass is 9.85. The third kappa shape index (κ3) is 7.29. The van der Waals surface area contributed by atoms with Gasteiger partial charge in [0.15, 0.2) is 23.0 Å². The van der Waals surface area contributed by atoms with Crippen molar-refractivity contribution < 1.29 is 38.0 Å². The molecule has 37 heavy (non-hydrogen) atoms. The quantitative estimate of drug-likeness (QED) is 0.317. The Morgan fingerprint density at radius 2 is 1.51 bits per heavy atom. The van der Waals surface area contributed by atoms with Crippen molar-refractivity contribution in [3.05, 3.63) is 47.5 Å². The third-order valence-electron chi connectivity index (χ3n) is 6.52. The highest BCUT2D eigenvalue weighted by Crippen LogP contribution is 2.35. The summed E-state index contributed by atoms with van der Waals surface area (Å²) in [7, 11) is 4.75. The molecule has 0 radical (unpaired) electrons. The Hall–Kier alpha value is -3.46. The highest BCUT2D eigenvalue weighted by Gasteiger charge is 2.37. The summed E-state index contributed by atoms with van der Waals surface area (Å²) in [6, 6.07) is 10.7. The lowest BCUT2D eigenvalue weighted by Crippen LogP contribution is -2.37. The number of cyclic esters (lactones) is 1. The molecule has 0 bridgehead atoms. The Bertz CT molecular complexity index is 1070. The topological polar surface area (TPSA) is 116 Å². The minimum Gasteiger partial charge on any atom is -0.493 e. The Labute approximate surface area is 218 Å². The van der Waals surface area contributed by atoms with E-state index in [0.29, 0.717) is 42.4 Å². The molecule has 0 saturated carbocycles. The summed E-state index contributed by atoms with van der Waals surface area (Å²) < 4.78 is 32.6. The number of hydrogen-bond donors (Lipinski definition) is 1. The van der Waals surface area contributed by atoms with Crippen LogP contribution in [0.3, 0.4) is 0 Å². The lowest BCUT2D eigenvalue weighted by Gasteiger charge is -2.18. The van der Waals surface area contributed by atoms with E-state index in [1.807, 2.05) is 44.2 Å². The van der Waals surface area contributed by atoms with Gasteiger partial charge in [0.1, 0.15) is 19.3 Å². The molecule has 2 N–H and O–H groups in total. The van der Waals surface area contributed by atoms with E-state index in [1.165, 1.54) is 0 Å². The number of benzene rings is 2. The van der Waals surface area contributed by atoms with Gasteiger partial charge in [-0.2, -0.15) is 0 Å². The molecule has 9 nitrogen and oxygen atoms in total. The molecule has 3 atom stereocenters. The van der Waals surface area contributed by atoms with Crippen LogP contribution in [0, 0.1) is 17.8 Å². The average Bonchev–Trinajstić information content (AvgIpc) is 3.24. The van der Waals surface area contributed by atoms with Crippen LogP contribution in [0.25, 0.3) is 0 Å². The van der Waals surface area contributed by atoms with Gasteiger partial charge in [-0.1, -0.05) is 26.0 Å². The predicted octanol–water partition coefficient (Wildman–Crippen LogP) is 3.19. The molecule has 0 amide bonds. The van der Waals surface area contributed by atoms with E-state index in [-0.39, 0.29) is 36.9 Å². The van der Waals surface area contributed by atoms with Crippen molar-refractivity contribution in [2.75, 3.05) is 41.2 Å². The lowest BCUT2D eigenvalue weighted by molar-refractivity contribution is -0.147.